The Morgan fingerprint density at radius 2 is 2.00 bits per heavy atom. The van der Waals surface area contributed by atoms with E-state index in [2.05, 4.69) is 4.98 Å². The first-order chi connectivity index (χ1) is 13.0. The molecule has 138 valence electrons. The molecule has 0 saturated heterocycles. The van der Waals surface area contributed by atoms with Gasteiger partial charge in [-0.25, -0.2) is 9.78 Å². The third-order valence-corrected chi connectivity index (χ3v) is 4.95. The number of nitrogens with zero attached hydrogens (tertiary/aromatic N) is 1. The van der Waals surface area contributed by atoms with E-state index in [0.717, 1.165) is 16.9 Å². The molecule has 0 aliphatic heterocycles. The van der Waals surface area contributed by atoms with E-state index in [9.17, 15) is 15.0 Å². The Balaban J connectivity index is 1.96. The molecule has 0 aliphatic carbocycles. The normalized spacial score (nSPS) is 11.0. The number of aromatic nitrogens is 1. The van der Waals surface area contributed by atoms with Gasteiger partial charge in [0.15, 0.2) is 11.5 Å². The topological polar surface area (TPSA) is 79.7 Å². The molecule has 0 radical (unpaired) electrons. The van der Waals surface area contributed by atoms with Gasteiger partial charge in [0.2, 0.25) is 0 Å². The van der Waals surface area contributed by atoms with Crippen LogP contribution < -0.4 is 4.74 Å². The van der Waals surface area contributed by atoms with E-state index < -0.39 is 5.97 Å². The molecule has 2 N–H and O–H groups in total. The van der Waals surface area contributed by atoms with Gasteiger partial charge in [0.25, 0.3) is 0 Å². The van der Waals surface area contributed by atoms with Crippen molar-refractivity contribution < 1.29 is 19.7 Å². The van der Waals surface area contributed by atoms with Crippen LogP contribution in [0, 0.1) is 0 Å². The van der Waals surface area contributed by atoms with Crippen LogP contribution in [-0.2, 0) is 0 Å². The first-order valence-corrected chi connectivity index (χ1v) is 9.32. The number of carboxylic acid groups (broad SMARTS) is 1. The lowest BCUT2D eigenvalue weighted by Gasteiger charge is -2.08. The molecule has 0 spiro atoms. The highest BCUT2D eigenvalue weighted by atomic mass is 35.5. The van der Waals surface area contributed by atoms with Gasteiger partial charge in [-0.2, -0.15) is 0 Å². The predicted molar refractivity (Wildman–Crippen MR) is 108 cm³/mol. The number of thiazole rings is 1. The average Bonchev–Trinajstić information content (AvgIpc) is 3.09. The zero-order chi connectivity index (χ0) is 19.4. The molecule has 1 aromatic heterocycles. The Morgan fingerprint density at radius 1 is 1.26 bits per heavy atom. The number of aromatic hydroxyl groups is 1. The Kier molecular flexibility index (Phi) is 5.78. The number of hydrogen-bond donors (Lipinski definition) is 2. The second-order valence-corrected chi connectivity index (χ2v) is 6.95. The maximum absolute atomic E-state index is 11.6. The first-order valence-electron chi connectivity index (χ1n) is 8.12. The highest BCUT2D eigenvalue weighted by molar-refractivity contribution is 7.15. The van der Waals surface area contributed by atoms with Crippen LogP contribution in [0.2, 0.25) is 5.02 Å². The number of rotatable bonds is 6. The summed E-state index contributed by atoms with van der Waals surface area (Å²) in [5.74, 6) is -0.832. The molecule has 0 aliphatic rings. The molecule has 2 aromatic carbocycles. The van der Waals surface area contributed by atoms with Gasteiger partial charge in [-0.1, -0.05) is 48.0 Å². The van der Waals surface area contributed by atoms with Crippen molar-refractivity contribution in [3.8, 4) is 22.8 Å². The molecule has 0 atom stereocenters. The fourth-order valence-electron chi connectivity index (χ4n) is 2.47. The van der Waals surface area contributed by atoms with Crippen molar-refractivity contribution >= 4 is 41.1 Å². The first kappa shape index (κ1) is 18.9. The third kappa shape index (κ3) is 4.30. The Bertz CT molecular complexity index is 999. The van der Waals surface area contributed by atoms with Crippen LogP contribution >= 0.6 is 22.9 Å². The summed E-state index contributed by atoms with van der Waals surface area (Å²) in [4.78, 5) is 16.2. The molecule has 7 heteroatoms. The van der Waals surface area contributed by atoms with Gasteiger partial charge in [0.1, 0.15) is 9.88 Å². The molecule has 3 rings (SSSR count). The fourth-order valence-corrected chi connectivity index (χ4v) is 3.52. The largest absolute Gasteiger partial charge is 0.503 e. The number of aromatic carboxylic acids is 1. The van der Waals surface area contributed by atoms with E-state index >= 15 is 0 Å². The van der Waals surface area contributed by atoms with Crippen molar-refractivity contribution in [2.24, 2.45) is 0 Å². The molecular formula is C20H16ClNO4S. The van der Waals surface area contributed by atoms with Gasteiger partial charge in [0.05, 0.1) is 17.3 Å². The number of phenols is 1. The summed E-state index contributed by atoms with van der Waals surface area (Å²) in [5.41, 5.74) is 1.89. The standard InChI is InChI=1S/C20H16ClNO4S/c1-2-26-15-11-12(10-14(21)18(15)23)8-9-16-22-17(19(27-16)20(24)25)13-6-4-3-5-7-13/h3-11,23H,2H2,1H3,(H,24,25)/b9-8+. The van der Waals surface area contributed by atoms with Crippen LogP contribution in [0.3, 0.4) is 0 Å². The zero-order valence-corrected chi connectivity index (χ0v) is 15.9. The molecular weight excluding hydrogens is 386 g/mol. The SMILES string of the molecule is CCOc1cc(/C=C/c2nc(-c3ccccc3)c(C(=O)O)s2)cc(Cl)c1O. The lowest BCUT2D eigenvalue weighted by atomic mass is 10.1. The van der Waals surface area contributed by atoms with Crippen molar-refractivity contribution in [2.75, 3.05) is 6.61 Å². The summed E-state index contributed by atoms with van der Waals surface area (Å²) in [6.45, 7) is 2.20. The summed E-state index contributed by atoms with van der Waals surface area (Å²) < 4.78 is 5.36. The smallest absolute Gasteiger partial charge is 0.348 e. The van der Waals surface area contributed by atoms with Gasteiger partial charge in [-0.3, -0.25) is 0 Å². The zero-order valence-electron chi connectivity index (χ0n) is 14.3. The number of carbonyl (C=O) groups is 1. The molecule has 0 saturated carbocycles. The van der Waals surface area contributed by atoms with Crippen LogP contribution in [0.4, 0.5) is 0 Å². The Hall–Kier alpha value is -2.83. The van der Waals surface area contributed by atoms with Crippen LogP contribution in [0.1, 0.15) is 27.2 Å². The van der Waals surface area contributed by atoms with E-state index in [1.54, 1.807) is 24.3 Å². The minimum atomic E-state index is -1.02. The molecule has 3 aromatic rings. The van der Waals surface area contributed by atoms with Crippen molar-refractivity contribution in [3.05, 3.63) is 62.9 Å². The summed E-state index contributed by atoms with van der Waals surface area (Å²) >= 11 is 7.13. The summed E-state index contributed by atoms with van der Waals surface area (Å²) in [6.07, 6.45) is 3.45. The van der Waals surface area contributed by atoms with Crippen LogP contribution in [0.25, 0.3) is 23.4 Å². The monoisotopic (exact) mass is 401 g/mol. The summed E-state index contributed by atoms with van der Waals surface area (Å²) in [7, 11) is 0. The second-order valence-electron chi connectivity index (χ2n) is 5.52. The number of halogens is 1. The van der Waals surface area contributed by atoms with E-state index in [4.69, 9.17) is 16.3 Å². The van der Waals surface area contributed by atoms with Gasteiger partial charge in [0, 0.05) is 5.56 Å². The van der Waals surface area contributed by atoms with Crippen molar-refractivity contribution in [2.45, 2.75) is 6.92 Å². The lowest BCUT2D eigenvalue weighted by molar-refractivity contribution is 0.0702. The average molecular weight is 402 g/mol. The molecule has 0 bridgehead atoms. The van der Waals surface area contributed by atoms with E-state index in [0.29, 0.717) is 28.6 Å². The summed E-state index contributed by atoms with van der Waals surface area (Å²) in [5, 5.41) is 20.1. The third-order valence-electron chi connectivity index (χ3n) is 3.65. The predicted octanol–water partition coefficient (Wildman–Crippen LogP) is 5.44. The van der Waals surface area contributed by atoms with Gasteiger partial charge < -0.3 is 14.9 Å². The highest BCUT2D eigenvalue weighted by Gasteiger charge is 2.17. The maximum Gasteiger partial charge on any atom is 0.348 e. The van der Waals surface area contributed by atoms with Gasteiger partial charge >= 0.3 is 5.97 Å². The molecule has 1 heterocycles. The van der Waals surface area contributed by atoms with Crippen LogP contribution in [0.5, 0.6) is 11.5 Å². The minimum absolute atomic E-state index is 0.107. The molecule has 0 fully saturated rings. The molecule has 5 nitrogen and oxygen atoms in total. The number of benzene rings is 2. The van der Waals surface area contributed by atoms with Crippen LogP contribution in [-0.4, -0.2) is 27.8 Å². The van der Waals surface area contributed by atoms with Gasteiger partial charge in [-0.15, -0.1) is 11.3 Å². The number of ether oxygens (including phenoxy) is 1. The maximum atomic E-state index is 11.6. The van der Waals surface area contributed by atoms with Crippen molar-refractivity contribution in [1.82, 2.24) is 4.98 Å². The number of carboxylic acids is 1. The second kappa shape index (κ2) is 8.24. The molecule has 0 amide bonds. The van der Waals surface area contributed by atoms with E-state index in [1.165, 1.54) is 0 Å². The molecule has 0 unspecified atom stereocenters. The minimum Gasteiger partial charge on any atom is -0.503 e. The van der Waals surface area contributed by atoms with Crippen molar-refractivity contribution in [1.29, 1.82) is 0 Å². The number of hydrogen-bond acceptors (Lipinski definition) is 5. The highest BCUT2D eigenvalue weighted by Crippen LogP contribution is 2.36. The lowest BCUT2D eigenvalue weighted by Crippen LogP contribution is -1.95. The summed E-state index contributed by atoms with van der Waals surface area (Å²) in [6, 6.07) is 12.4. The molecule has 27 heavy (non-hydrogen) atoms. The van der Waals surface area contributed by atoms with Crippen LogP contribution in [0.15, 0.2) is 42.5 Å². The Morgan fingerprint density at radius 3 is 2.67 bits per heavy atom. The van der Waals surface area contributed by atoms with E-state index in [1.807, 2.05) is 37.3 Å². The fraction of sp³-hybridized carbons (Fsp3) is 0.100. The van der Waals surface area contributed by atoms with Gasteiger partial charge in [-0.05, 0) is 30.7 Å². The van der Waals surface area contributed by atoms with E-state index in [-0.39, 0.29) is 15.6 Å². The quantitative estimate of drug-likeness (QED) is 0.575. The van der Waals surface area contributed by atoms with Crippen molar-refractivity contribution in [3.63, 3.8) is 0 Å². The number of phenolic OH excluding ortho intramolecular Hbond substituents is 1. The Labute approximate surface area is 165 Å².